The number of nitro benzene ring substituents is 1. The van der Waals surface area contributed by atoms with Gasteiger partial charge in [0.15, 0.2) is 11.5 Å². The molecule has 0 unspecified atom stereocenters. The molecule has 7 heteroatoms. The molecule has 6 nitrogen and oxygen atoms in total. The minimum absolute atomic E-state index is 0.157. The monoisotopic (exact) mass is 388 g/mol. The second-order valence-electron chi connectivity index (χ2n) is 4.70. The summed E-state index contributed by atoms with van der Waals surface area (Å²) in [5.74, 6) is 0.545. The first kappa shape index (κ1) is 17.5. The van der Waals surface area contributed by atoms with Crippen LogP contribution >= 0.6 is 15.9 Å². The van der Waals surface area contributed by atoms with Gasteiger partial charge in [0, 0.05) is 4.47 Å². The molecule has 0 aliphatic heterocycles. The van der Waals surface area contributed by atoms with Crippen molar-refractivity contribution in [2.75, 3.05) is 14.2 Å². The first-order chi connectivity index (χ1) is 11.5. The lowest BCUT2D eigenvalue weighted by Crippen LogP contribution is -1.98. The van der Waals surface area contributed by atoms with Gasteiger partial charge in [-0.3, -0.25) is 10.1 Å². The average Bonchev–Trinajstić information content (AvgIpc) is 2.60. The summed E-state index contributed by atoms with van der Waals surface area (Å²) in [7, 11) is 2.82. The molecule has 0 aliphatic rings. The summed E-state index contributed by atoms with van der Waals surface area (Å²) in [5.41, 5.74) is 0.851. The molecule has 24 heavy (non-hydrogen) atoms. The minimum atomic E-state index is -0.552. The molecule has 0 radical (unpaired) electrons. The number of nitrogens with zero attached hydrogens (tertiary/aromatic N) is 2. The van der Waals surface area contributed by atoms with E-state index >= 15 is 0 Å². The van der Waals surface area contributed by atoms with E-state index in [-0.39, 0.29) is 22.6 Å². The Kier molecular flexibility index (Phi) is 5.55. The SMILES string of the molecule is COc1cc(/C(C#N)=C\c2ccc(Br)cc2)c([N+](=O)[O-])cc1OC. The third-order valence-electron chi connectivity index (χ3n) is 3.29. The summed E-state index contributed by atoms with van der Waals surface area (Å²) >= 11 is 3.33. The van der Waals surface area contributed by atoms with Crippen molar-refractivity contribution in [3.63, 3.8) is 0 Å². The van der Waals surface area contributed by atoms with Crippen LogP contribution in [0, 0.1) is 21.4 Å². The van der Waals surface area contributed by atoms with Gasteiger partial charge in [0.25, 0.3) is 5.69 Å². The summed E-state index contributed by atoms with van der Waals surface area (Å²) in [4.78, 5) is 10.8. The molecule has 0 fully saturated rings. The summed E-state index contributed by atoms with van der Waals surface area (Å²) in [5, 5.41) is 20.8. The molecule has 0 atom stereocenters. The molecule has 0 amide bonds. The second kappa shape index (κ2) is 7.62. The fourth-order valence-electron chi connectivity index (χ4n) is 2.13. The van der Waals surface area contributed by atoms with Crippen LogP contribution in [0.1, 0.15) is 11.1 Å². The smallest absolute Gasteiger partial charge is 0.281 e. The third-order valence-corrected chi connectivity index (χ3v) is 3.82. The summed E-state index contributed by atoms with van der Waals surface area (Å²) in [6.07, 6.45) is 1.58. The van der Waals surface area contributed by atoms with Crippen molar-refractivity contribution >= 4 is 33.3 Å². The van der Waals surface area contributed by atoms with E-state index < -0.39 is 4.92 Å². The van der Waals surface area contributed by atoms with E-state index in [2.05, 4.69) is 15.9 Å². The molecule has 2 aromatic carbocycles. The van der Waals surface area contributed by atoms with Crippen molar-refractivity contribution < 1.29 is 14.4 Å². The van der Waals surface area contributed by atoms with Gasteiger partial charge in [-0.2, -0.15) is 5.26 Å². The number of benzene rings is 2. The molecule has 0 aliphatic carbocycles. The van der Waals surface area contributed by atoms with Crippen molar-refractivity contribution in [3.8, 4) is 17.6 Å². The van der Waals surface area contributed by atoms with Gasteiger partial charge in [-0.05, 0) is 29.8 Å². The average molecular weight is 389 g/mol. The van der Waals surface area contributed by atoms with E-state index in [1.54, 1.807) is 18.2 Å². The van der Waals surface area contributed by atoms with Crippen LogP contribution in [0.2, 0.25) is 0 Å². The van der Waals surface area contributed by atoms with Gasteiger partial charge in [0.1, 0.15) is 6.07 Å². The minimum Gasteiger partial charge on any atom is -0.493 e. The van der Waals surface area contributed by atoms with Crippen LogP contribution in [0.15, 0.2) is 40.9 Å². The zero-order valence-corrected chi connectivity index (χ0v) is 14.5. The van der Waals surface area contributed by atoms with Crippen molar-refractivity contribution in [1.29, 1.82) is 5.26 Å². The molecule has 2 rings (SSSR count). The van der Waals surface area contributed by atoms with Crippen LogP contribution in [0.4, 0.5) is 5.69 Å². The number of methoxy groups -OCH3 is 2. The number of rotatable bonds is 5. The predicted octanol–water partition coefficient (Wildman–Crippen LogP) is 4.44. The van der Waals surface area contributed by atoms with Gasteiger partial charge in [0.2, 0.25) is 0 Å². The molecular weight excluding hydrogens is 376 g/mol. The molecule has 122 valence electrons. The Hall–Kier alpha value is -2.85. The Morgan fingerprint density at radius 3 is 2.29 bits per heavy atom. The number of hydrogen-bond acceptors (Lipinski definition) is 5. The topological polar surface area (TPSA) is 85.4 Å². The van der Waals surface area contributed by atoms with Crippen molar-refractivity contribution in [2.24, 2.45) is 0 Å². The number of allylic oxidation sites excluding steroid dienone is 1. The first-order valence-corrected chi connectivity index (χ1v) is 7.57. The van der Waals surface area contributed by atoms with Gasteiger partial charge >= 0.3 is 0 Å². The number of halogens is 1. The van der Waals surface area contributed by atoms with Gasteiger partial charge in [-0.1, -0.05) is 28.1 Å². The van der Waals surface area contributed by atoms with Crippen molar-refractivity contribution in [1.82, 2.24) is 0 Å². The fourth-order valence-corrected chi connectivity index (χ4v) is 2.40. The molecular formula is C17H13BrN2O4. The van der Waals surface area contributed by atoms with Gasteiger partial charge in [-0.25, -0.2) is 0 Å². The maximum atomic E-state index is 11.4. The maximum Gasteiger partial charge on any atom is 0.281 e. The van der Waals surface area contributed by atoms with Gasteiger partial charge < -0.3 is 9.47 Å². The zero-order chi connectivity index (χ0) is 17.7. The molecule has 2 aromatic rings. The van der Waals surface area contributed by atoms with Crippen molar-refractivity contribution in [2.45, 2.75) is 0 Å². The van der Waals surface area contributed by atoms with E-state index in [1.165, 1.54) is 26.4 Å². The predicted molar refractivity (Wildman–Crippen MR) is 93.8 cm³/mol. The summed E-state index contributed by atoms with van der Waals surface area (Å²) in [6.45, 7) is 0. The van der Waals surface area contributed by atoms with E-state index in [0.29, 0.717) is 5.75 Å². The van der Waals surface area contributed by atoms with Crippen LogP contribution in [0.5, 0.6) is 11.5 Å². The maximum absolute atomic E-state index is 11.4. The summed E-state index contributed by atoms with van der Waals surface area (Å²) in [6, 6.07) is 11.9. The molecule has 0 spiro atoms. The van der Waals surface area contributed by atoms with E-state index in [0.717, 1.165) is 10.0 Å². The van der Waals surface area contributed by atoms with Crippen molar-refractivity contribution in [3.05, 3.63) is 62.1 Å². The van der Waals surface area contributed by atoms with E-state index in [4.69, 9.17) is 9.47 Å². The lowest BCUT2D eigenvalue weighted by atomic mass is 10.0. The second-order valence-corrected chi connectivity index (χ2v) is 5.62. The highest BCUT2D eigenvalue weighted by atomic mass is 79.9. The lowest BCUT2D eigenvalue weighted by Gasteiger charge is -2.10. The van der Waals surface area contributed by atoms with Crippen LogP contribution < -0.4 is 9.47 Å². The Labute approximate surface area is 147 Å². The highest BCUT2D eigenvalue weighted by molar-refractivity contribution is 9.10. The number of ether oxygens (including phenoxy) is 2. The standard InChI is InChI=1S/C17H13BrN2O4/c1-23-16-8-14(15(20(21)22)9-17(16)24-2)12(10-19)7-11-3-5-13(18)6-4-11/h3-9H,1-2H3/b12-7-. The van der Waals surface area contributed by atoms with Crippen LogP contribution in [0.25, 0.3) is 11.6 Å². The van der Waals surface area contributed by atoms with Crippen LogP contribution in [-0.2, 0) is 0 Å². The summed E-state index contributed by atoms with van der Waals surface area (Å²) < 4.78 is 11.2. The largest absolute Gasteiger partial charge is 0.493 e. The van der Waals surface area contributed by atoms with Gasteiger partial charge in [-0.15, -0.1) is 0 Å². The van der Waals surface area contributed by atoms with Crippen LogP contribution in [0.3, 0.4) is 0 Å². The Morgan fingerprint density at radius 1 is 1.21 bits per heavy atom. The molecule has 0 bridgehead atoms. The zero-order valence-electron chi connectivity index (χ0n) is 12.9. The number of nitriles is 1. The fraction of sp³-hybridized carbons (Fsp3) is 0.118. The van der Waals surface area contributed by atoms with E-state index in [1.807, 2.05) is 18.2 Å². The van der Waals surface area contributed by atoms with Gasteiger partial charge in [0.05, 0.1) is 36.3 Å². The molecule has 0 N–H and O–H groups in total. The Balaban J connectivity index is 2.64. The highest BCUT2D eigenvalue weighted by Gasteiger charge is 2.22. The number of nitro groups is 1. The molecule has 0 aromatic heterocycles. The third kappa shape index (κ3) is 3.73. The normalized spacial score (nSPS) is 10.8. The first-order valence-electron chi connectivity index (χ1n) is 6.78. The molecule has 0 saturated heterocycles. The Bertz CT molecular complexity index is 839. The lowest BCUT2D eigenvalue weighted by molar-refractivity contribution is -0.385. The number of hydrogen-bond donors (Lipinski definition) is 0. The molecule has 0 heterocycles. The quantitative estimate of drug-likeness (QED) is 0.327. The Morgan fingerprint density at radius 2 is 1.79 bits per heavy atom. The van der Waals surface area contributed by atoms with E-state index in [9.17, 15) is 15.4 Å². The van der Waals surface area contributed by atoms with Crippen LogP contribution in [-0.4, -0.2) is 19.1 Å². The molecule has 0 saturated carbocycles. The highest BCUT2D eigenvalue weighted by Crippen LogP contribution is 2.38.